The van der Waals surface area contributed by atoms with E-state index in [2.05, 4.69) is 13.8 Å². The van der Waals surface area contributed by atoms with Crippen LogP contribution in [0.5, 0.6) is 17.2 Å². The zero-order valence-corrected chi connectivity index (χ0v) is 22.4. The predicted octanol–water partition coefficient (Wildman–Crippen LogP) is 10.5. The van der Waals surface area contributed by atoms with Crippen molar-refractivity contribution in [2.24, 2.45) is 0 Å². The standard InChI is InChI=1S/C32H38F4O2/c1-3-5-7-9-11-13-25-16-20-27(21-17-25)38-32(35,36)30-28(33)22-23-29(31(30)34)37-26-18-14-24(15-19-26)12-10-8-6-4-2/h14-23H,3-13H2,1-2H3. The highest BCUT2D eigenvalue weighted by atomic mass is 19.3. The van der Waals surface area contributed by atoms with E-state index in [9.17, 15) is 13.2 Å². The lowest BCUT2D eigenvalue weighted by molar-refractivity contribution is -0.189. The molecule has 0 aromatic heterocycles. The van der Waals surface area contributed by atoms with Gasteiger partial charge in [-0.1, -0.05) is 83.1 Å². The van der Waals surface area contributed by atoms with Crippen LogP contribution in [0.25, 0.3) is 0 Å². The van der Waals surface area contributed by atoms with Gasteiger partial charge in [0.2, 0.25) is 0 Å². The number of unbranched alkanes of at least 4 members (excludes halogenated alkanes) is 7. The van der Waals surface area contributed by atoms with Crippen molar-refractivity contribution in [1.29, 1.82) is 0 Å². The van der Waals surface area contributed by atoms with Crippen molar-refractivity contribution >= 4 is 0 Å². The Morgan fingerprint density at radius 1 is 0.605 bits per heavy atom. The van der Waals surface area contributed by atoms with Crippen LogP contribution in [-0.4, -0.2) is 0 Å². The van der Waals surface area contributed by atoms with Gasteiger partial charge in [0, 0.05) is 0 Å². The van der Waals surface area contributed by atoms with Gasteiger partial charge in [-0.15, -0.1) is 0 Å². The molecule has 0 saturated heterocycles. The van der Waals surface area contributed by atoms with Gasteiger partial charge in [-0.05, 0) is 73.2 Å². The van der Waals surface area contributed by atoms with Crippen LogP contribution >= 0.6 is 0 Å². The Bertz CT molecular complexity index is 1110. The number of ether oxygens (including phenoxy) is 2. The number of hydrogen-bond acceptors (Lipinski definition) is 2. The van der Waals surface area contributed by atoms with Crippen LogP contribution < -0.4 is 9.47 Å². The molecule has 206 valence electrons. The molecule has 38 heavy (non-hydrogen) atoms. The normalized spacial score (nSPS) is 11.5. The molecule has 0 heterocycles. The molecule has 0 aliphatic carbocycles. The molecule has 0 saturated carbocycles. The minimum Gasteiger partial charge on any atom is -0.454 e. The number of alkyl halides is 2. The van der Waals surface area contributed by atoms with E-state index < -0.39 is 29.1 Å². The molecule has 0 aliphatic rings. The van der Waals surface area contributed by atoms with Crippen molar-refractivity contribution in [2.45, 2.75) is 90.6 Å². The minimum atomic E-state index is -4.24. The summed E-state index contributed by atoms with van der Waals surface area (Å²) in [5, 5.41) is 0. The van der Waals surface area contributed by atoms with Gasteiger partial charge in [0.05, 0.1) is 0 Å². The molecular formula is C32H38F4O2. The molecule has 2 nitrogen and oxygen atoms in total. The molecule has 0 bridgehead atoms. The fourth-order valence-electron chi connectivity index (χ4n) is 4.34. The summed E-state index contributed by atoms with van der Waals surface area (Å²) in [5.41, 5.74) is 0.621. The van der Waals surface area contributed by atoms with Gasteiger partial charge >= 0.3 is 6.11 Å². The van der Waals surface area contributed by atoms with Crippen LogP contribution in [0.3, 0.4) is 0 Å². The van der Waals surface area contributed by atoms with E-state index in [-0.39, 0.29) is 11.5 Å². The Morgan fingerprint density at radius 3 is 1.66 bits per heavy atom. The van der Waals surface area contributed by atoms with Crippen molar-refractivity contribution in [2.75, 3.05) is 0 Å². The van der Waals surface area contributed by atoms with E-state index in [1.165, 1.54) is 37.8 Å². The summed E-state index contributed by atoms with van der Waals surface area (Å²) in [7, 11) is 0. The first-order chi connectivity index (χ1) is 18.3. The third-order valence-corrected chi connectivity index (χ3v) is 6.56. The molecule has 3 rings (SSSR count). The fourth-order valence-corrected chi connectivity index (χ4v) is 4.34. The summed E-state index contributed by atoms with van der Waals surface area (Å²) in [4.78, 5) is 0. The molecule has 6 heteroatoms. The van der Waals surface area contributed by atoms with E-state index >= 15 is 4.39 Å². The lowest BCUT2D eigenvalue weighted by Gasteiger charge is -2.20. The van der Waals surface area contributed by atoms with Crippen LogP contribution in [-0.2, 0) is 19.0 Å². The third kappa shape index (κ3) is 8.78. The molecular weight excluding hydrogens is 492 g/mol. The van der Waals surface area contributed by atoms with Gasteiger partial charge in [0.25, 0.3) is 0 Å². The summed E-state index contributed by atoms with van der Waals surface area (Å²) in [5.74, 6) is -3.32. The summed E-state index contributed by atoms with van der Waals surface area (Å²) >= 11 is 0. The van der Waals surface area contributed by atoms with Crippen molar-refractivity contribution in [3.63, 3.8) is 0 Å². The van der Waals surface area contributed by atoms with E-state index in [1.807, 2.05) is 12.1 Å². The highest BCUT2D eigenvalue weighted by Crippen LogP contribution is 2.39. The highest BCUT2D eigenvalue weighted by molar-refractivity contribution is 5.39. The Hall–Kier alpha value is -3.02. The molecule has 0 radical (unpaired) electrons. The van der Waals surface area contributed by atoms with Gasteiger partial charge in [-0.25, -0.2) is 8.78 Å². The molecule has 3 aromatic carbocycles. The monoisotopic (exact) mass is 530 g/mol. The molecule has 0 amide bonds. The van der Waals surface area contributed by atoms with Crippen molar-refractivity contribution in [3.8, 4) is 17.2 Å². The van der Waals surface area contributed by atoms with E-state index in [4.69, 9.17) is 9.47 Å². The van der Waals surface area contributed by atoms with Gasteiger partial charge in [-0.2, -0.15) is 8.78 Å². The molecule has 0 aliphatic heterocycles. The van der Waals surface area contributed by atoms with Crippen molar-refractivity contribution in [1.82, 2.24) is 0 Å². The second kappa shape index (κ2) is 14.8. The summed E-state index contributed by atoms with van der Waals surface area (Å²) in [6, 6.07) is 15.0. The van der Waals surface area contributed by atoms with E-state index in [0.29, 0.717) is 0 Å². The highest BCUT2D eigenvalue weighted by Gasteiger charge is 2.42. The predicted molar refractivity (Wildman–Crippen MR) is 144 cm³/mol. The molecule has 3 aromatic rings. The number of halogens is 4. The number of rotatable bonds is 16. The maximum atomic E-state index is 15.1. The lowest BCUT2D eigenvalue weighted by Crippen LogP contribution is -2.25. The zero-order chi connectivity index (χ0) is 27.4. The number of benzene rings is 3. The second-order valence-corrected chi connectivity index (χ2v) is 9.72. The summed E-state index contributed by atoms with van der Waals surface area (Å²) in [6.07, 6.45) is 7.76. The summed E-state index contributed by atoms with van der Waals surface area (Å²) < 4.78 is 69.7. The van der Waals surface area contributed by atoms with Crippen molar-refractivity contribution < 1.29 is 27.0 Å². The zero-order valence-electron chi connectivity index (χ0n) is 22.4. The maximum absolute atomic E-state index is 15.1. The smallest absolute Gasteiger partial charge is 0.432 e. The SMILES string of the molecule is CCCCCCCc1ccc(OC(F)(F)c2c(F)ccc(Oc3ccc(CCCCCC)cc3)c2F)cc1. The van der Waals surface area contributed by atoms with Gasteiger partial charge in [0.15, 0.2) is 11.6 Å². The van der Waals surface area contributed by atoms with Crippen LogP contribution in [0, 0.1) is 11.6 Å². The maximum Gasteiger partial charge on any atom is 0.432 e. The Morgan fingerprint density at radius 2 is 1.11 bits per heavy atom. The first-order valence-electron chi connectivity index (χ1n) is 13.7. The van der Waals surface area contributed by atoms with Gasteiger partial charge in [-0.3, -0.25) is 0 Å². The Kier molecular flexibility index (Phi) is 11.5. The van der Waals surface area contributed by atoms with E-state index in [0.717, 1.165) is 68.2 Å². The lowest BCUT2D eigenvalue weighted by atomic mass is 10.1. The topological polar surface area (TPSA) is 18.5 Å². The summed E-state index contributed by atoms with van der Waals surface area (Å²) in [6.45, 7) is 4.31. The first-order valence-corrected chi connectivity index (χ1v) is 13.7. The first kappa shape index (κ1) is 29.5. The van der Waals surface area contributed by atoms with E-state index in [1.54, 1.807) is 24.3 Å². The minimum absolute atomic E-state index is 0.177. The Balaban J connectivity index is 1.65. The fraction of sp³-hybridized carbons (Fsp3) is 0.438. The average molecular weight is 531 g/mol. The quantitative estimate of drug-likeness (QED) is 0.135. The number of aryl methyl sites for hydroxylation is 2. The molecule has 0 unspecified atom stereocenters. The molecule has 0 N–H and O–H groups in total. The van der Waals surface area contributed by atoms with Crippen LogP contribution in [0.4, 0.5) is 17.6 Å². The van der Waals surface area contributed by atoms with Crippen LogP contribution in [0.15, 0.2) is 60.7 Å². The van der Waals surface area contributed by atoms with Crippen molar-refractivity contribution in [3.05, 3.63) is 89.0 Å². The number of hydrogen-bond donors (Lipinski definition) is 0. The van der Waals surface area contributed by atoms with Gasteiger partial charge < -0.3 is 9.47 Å². The second-order valence-electron chi connectivity index (χ2n) is 9.72. The van der Waals surface area contributed by atoms with Crippen LogP contribution in [0.1, 0.15) is 88.3 Å². The van der Waals surface area contributed by atoms with Gasteiger partial charge in [0.1, 0.15) is 22.9 Å². The Labute approximate surface area is 224 Å². The molecule has 0 atom stereocenters. The molecule has 0 fully saturated rings. The van der Waals surface area contributed by atoms with Crippen LogP contribution in [0.2, 0.25) is 0 Å². The molecule has 0 spiro atoms. The largest absolute Gasteiger partial charge is 0.454 e. The third-order valence-electron chi connectivity index (χ3n) is 6.56. The average Bonchev–Trinajstić information content (AvgIpc) is 2.90.